The zero-order valence-corrected chi connectivity index (χ0v) is 10.7. The van der Waals surface area contributed by atoms with E-state index in [1.165, 1.54) is 30.0 Å². The molecule has 0 amide bonds. The topological polar surface area (TPSA) is 50.9 Å². The third-order valence-corrected chi connectivity index (χ3v) is 4.45. The molecule has 1 aromatic heterocycles. The number of nitrogens with zero attached hydrogens (tertiary/aromatic N) is 1. The number of hydrogen-bond acceptors (Lipinski definition) is 4. The summed E-state index contributed by atoms with van der Waals surface area (Å²) in [6, 6.07) is 0.608. The van der Waals surface area contributed by atoms with Gasteiger partial charge in [0.15, 0.2) is 0 Å². The molecule has 3 nitrogen and oxygen atoms in total. The molecule has 0 radical (unpaired) electrons. The smallest absolute Gasteiger partial charge is 0.0926 e. The number of aromatic nitrogens is 1. The molecule has 0 aromatic carbocycles. The molecule has 1 aliphatic rings. The van der Waals surface area contributed by atoms with E-state index in [1.54, 1.807) is 11.3 Å². The Hall–Kier alpha value is -0.450. The van der Waals surface area contributed by atoms with Crippen molar-refractivity contribution in [1.82, 2.24) is 10.3 Å². The number of hydrogen-bond donors (Lipinski definition) is 2. The molecule has 16 heavy (non-hydrogen) atoms. The summed E-state index contributed by atoms with van der Waals surface area (Å²) in [5, 5.41) is 7.00. The Morgan fingerprint density at radius 2 is 2.44 bits per heavy atom. The second-order valence-electron chi connectivity index (χ2n) is 4.50. The molecular weight excluding hydrogens is 218 g/mol. The quantitative estimate of drug-likeness (QED) is 0.825. The highest BCUT2D eigenvalue weighted by atomic mass is 32.1. The molecule has 2 unspecified atom stereocenters. The molecule has 2 rings (SSSR count). The van der Waals surface area contributed by atoms with Crippen LogP contribution in [0.2, 0.25) is 0 Å². The summed E-state index contributed by atoms with van der Waals surface area (Å²) in [7, 11) is 0. The largest absolute Gasteiger partial charge is 0.330 e. The van der Waals surface area contributed by atoms with Gasteiger partial charge in [0, 0.05) is 18.0 Å². The zero-order chi connectivity index (χ0) is 11.4. The van der Waals surface area contributed by atoms with Crippen LogP contribution in [0.4, 0.5) is 0 Å². The van der Waals surface area contributed by atoms with Gasteiger partial charge >= 0.3 is 0 Å². The van der Waals surface area contributed by atoms with Gasteiger partial charge in [0.05, 0.1) is 10.7 Å². The van der Waals surface area contributed by atoms with Crippen molar-refractivity contribution in [2.45, 2.75) is 45.2 Å². The Kier molecular flexibility index (Phi) is 4.32. The second-order valence-corrected chi connectivity index (χ2v) is 5.44. The first-order valence-electron chi connectivity index (χ1n) is 6.20. The predicted molar refractivity (Wildman–Crippen MR) is 68.5 cm³/mol. The Labute approximate surface area is 101 Å². The summed E-state index contributed by atoms with van der Waals surface area (Å²) >= 11 is 1.76. The van der Waals surface area contributed by atoms with Crippen molar-refractivity contribution in [3.63, 3.8) is 0 Å². The fraction of sp³-hybridized carbons (Fsp3) is 0.750. The monoisotopic (exact) mass is 239 g/mol. The molecule has 3 N–H and O–H groups in total. The summed E-state index contributed by atoms with van der Waals surface area (Å²) in [5.41, 5.74) is 6.95. The number of aryl methyl sites for hydroxylation is 1. The minimum absolute atomic E-state index is 0.608. The molecule has 0 aliphatic heterocycles. The average molecular weight is 239 g/mol. The van der Waals surface area contributed by atoms with E-state index in [4.69, 9.17) is 5.73 Å². The maximum Gasteiger partial charge on any atom is 0.0926 e. The van der Waals surface area contributed by atoms with E-state index in [1.807, 2.05) is 0 Å². The van der Waals surface area contributed by atoms with Gasteiger partial charge in [-0.2, -0.15) is 0 Å². The van der Waals surface area contributed by atoms with Gasteiger partial charge in [0.2, 0.25) is 0 Å². The Bertz CT molecular complexity index is 324. The fourth-order valence-electron chi connectivity index (χ4n) is 2.42. The summed E-state index contributed by atoms with van der Waals surface area (Å²) in [6.45, 7) is 3.87. The van der Waals surface area contributed by atoms with Crippen molar-refractivity contribution >= 4 is 11.3 Å². The maximum atomic E-state index is 5.77. The van der Waals surface area contributed by atoms with Crippen molar-refractivity contribution in [1.29, 1.82) is 0 Å². The summed E-state index contributed by atoms with van der Waals surface area (Å²) < 4.78 is 0. The molecular formula is C12H21N3S. The van der Waals surface area contributed by atoms with Crippen LogP contribution in [-0.4, -0.2) is 17.6 Å². The van der Waals surface area contributed by atoms with E-state index in [0.29, 0.717) is 12.0 Å². The normalized spacial score (nSPS) is 25.1. The van der Waals surface area contributed by atoms with Gasteiger partial charge in [-0.25, -0.2) is 4.98 Å². The van der Waals surface area contributed by atoms with Gasteiger partial charge in [-0.05, 0) is 31.7 Å². The van der Waals surface area contributed by atoms with Crippen LogP contribution in [0.5, 0.6) is 0 Å². The first-order chi connectivity index (χ1) is 7.83. The van der Waals surface area contributed by atoms with Gasteiger partial charge in [-0.1, -0.05) is 13.3 Å². The number of nitrogens with one attached hydrogen (secondary N) is 1. The molecule has 4 heteroatoms. The molecule has 1 saturated carbocycles. The molecule has 0 spiro atoms. The van der Waals surface area contributed by atoms with Gasteiger partial charge < -0.3 is 11.1 Å². The van der Waals surface area contributed by atoms with Crippen LogP contribution in [-0.2, 0) is 13.0 Å². The predicted octanol–water partition coefficient (Wildman–Crippen LogP) is 1.92. The first-order valence-corrected chi connectivity index (χ1v) is 7.08. The summed E-state index contributed by atoms with van der Waals surface area (Å²) in [5.74, 6) is 0.671. The highest BCUT2D eigenvalue weighted by Gasteiger charge is 2.25. The standard InChI is InChI=1S/C12H21N3S/c1-2-12-15-10(8-16-12)7-14-11-5-3-4-9(11)6-13/h8-9,11,14H,2-7,13H2,1H3. The van der Waals surface area contributed by atoms with Crippen molar-refractivity contribution in [3.8, 4) is 0 Å². The lowest BCUT2D eigenvalue weighted by Gasteiger charge is -2.18. The Morgan fingerprint density at radius 1 is 1.56 bits per heavy atom. The minimum atomic E-state index is 0.608. The van der Waals surface area contributed by atoms with E-state index >= 15 is 0 Å². The molecule has 2 atom stereocenters. The highest BCUT2D eigenvalue weighted by Crippen LogP contribution is 2.24. The summed E-state index contributed by atoms with van der Waals surface area (Å²) in [4.78, 5) is 4.57. The van der Waals surface area contributed by atoms with Crippen LogP contribution >= 0.6 is 11.3 Å². The minimum Gasteiger partial charge on any atom is -0.330 e. The lowest BCUT2D eigenvalue weighted by molar-refractivity contribution is 0.404. The molecule has 1 heterocycles. The lowest BCUT2D eigenvalue weighted by Crippen LogP contribution is -2.35. The number of nitrogens with two attached hydrogens (primary N) is 1. The van der Waals surface area contributed by atoms with Crippen molar-refractivity contribution in [2.24, 2.45) is 11.7 Å². The average Bonchev–Trinajstić information content (AvgIpc) is 2.94. The first kappa shape index (κ1) is 12.0. The van der Waals surface area contributed by atoms with E-state index in [9.17, 15) is 0 Å². The maximum absolute atomic E-state index is 5.77. The van der Waals surface area contributed by atoms with Gasteiger partial charge in [-0.3, -0.25) is 0 Å². The lowest BCUT2D eigenvalue weighted by atomic mass is 10.0. The second kappa shape index (κ2) is 5.75. The Balaban J connectivity index is 1.82. The SMILES string of the molecule is CCc1nc(CNC2CCCC2CN)cs1. The van der Waals surface area contributed by atoms with Crippen LogP contribution in [0.15, 0.2) is 5.38 Å². The third-order valence-electron chi connectivity index (χ3n) is 3.41. The van der Waals surface area contributed by atoms with Crippen molar-refractivity contribution in [3.05, 3.63) is 16.1 Å². The van der Waals surface area contributed by atoms with E-state index < -0.39 is 0 Å². The molecule has 0 saturated heterocycles. The summed E-state index contributed by atoms with van der Waals surface area (Å²) in [6.07, 6.45) is 4.91. The van der Waals surface area contributed by atoms with Gasteiger partial charge in [0.25, 0.3) is 0 Å². The van der Waals surface area contributed by atoms with Gasteiger partial charge in [-0.15, -0.1) is 11.3 Å². The fourth-order valence-corrected chi connectivity index (χ4v) is 3.16. The third kappa shape index (κ3) is 2.81. The number of thiazole rings is 1. The van der Waals surface area contributed by atoms with E-state index in [0.717, 1.165) is 19.5 Å². The van der Waals surface area contributed by atoms with Crippen LogP contribution in [0.1, 0.15) is 36.9 Å². The zero-order valence-electron chi connectivity index (χ0n) is 9.91. The van der Waals surface area contributed by atoms with Gasteiger partial charge in [0.1, 0.15) is 0 Å². The molecule has 1 aromatic rings. The van der Waals surface area contributed by atoms with E-state index in [-0.39, 0.29) is 0 Å². The van der Waals surface area contributed by atoms with Crippen LogP contribution in [0.25, 0.3) is 0 Å². The molecule has 90 valence electrons. The molecule has 1 aliphatic carbocycles. The molecule has 1 fully saturated rings. The molecule has 0 bridgehead atoms. The Morgan fingerprint density at radius 3 is 3.12 bits per heavy atom. The van der Waals surface area contributed by atoms with Crippen molar-refractivity contribution in [2.75, 3.05) is 6.54 Å². The van der Waals surface area contributed by atoms with Crippen LogP contribution in [0.3, 0.4) is 0 Å². The van der Waals surface area contributed by atoms with Crippen molar-refractivity contribution < 1.29 is 0 Å². The highest BCUT2D eigenvalue weighted by molar-refractivity contribution is 7.09. The van der Waals surface area contributed by atoms with Crippen LogP contribution in [0, 0.1) is 5.92 Å². The number of rotatable bonds is 5. The van der Waals surface area contributed by atoms with E-state index in [2.05, 4.69) is 22.6 Å². The van der Waals surface area contributed by atoms with Crippen LogP contribution < -0.4 is 11.1 Å².